The Balaban J connectivity index is 1.43. The molecule has 0 unspecified atom stereocenters. The SMILES string of the molecule is c1ccc([C@H](CN[C@@H]2CN3CCC2CC3)N2CCOCC2)cc1. The van der Waals surface area contributed by atoms with E-state index in [1.165, 1.54) is 38.0 Å². The van der Waals surface area contributed by atoms with Gasteiger partial charge in [-0.2, -0.15) is 0 Å². The molecule has 0 radical (unpaired) electrons. The topological polar surface area (TPSA) is 27.7 Å². The first kappa shape index (κ1) is 15.6. The van der Waals surface area contributed by atoms with Crippen LogP contribution in [0.3, 0.4) is 0 Å². The number of piperidine rings is 3. The van der Waals surface area contributed by atoms with Crippen molar-refractivity contribution >= 4 is 0 Å². The summed E-state index contributed by atoms with van der Waals surface area (Å²) >= 11 is 0. The molecule has 2 atom stereocenters. The van der Waals surface area contributed by atoms with Gasteiger partial charge in [-0.1, -0.05) is 30.3 Å². The maximum Gasteiger partial charge on any atom is 0.0594 e. The van der Waals surface area contributed by atoms with Crippen LogP contribution in [0.5, 0.6) is 0 Å². The fourth-order valence-electron chi connectivity index (χ4n) is 4.48. The molecule has 0 aromatic heterocycles. The summed E-state index contributed by atoms with van der Waals surface area (Å²) in [6.45, 7) is 8.74. The summed E-state index contributed by atoms with van der Waals surface area (Å²) in [5.74, 6) is 0.890. The highest BCUT2D eigenvalue weighted by Gasteiger charge is 2.34. The lowest BCUT2D eigenvalue weighted by atomic mass is 9.84. The van der Waals surface area contributed by atoms with Gasteiger partial charge in [-0.25, -0.2) is 0 Å². The molecule has 0 saturated carbocycles. The zero-order chi connectivity index (χ0) is 15.5. The number of nitrogens with one attached hydrogen (secondary N) is 1. The number of rotatable bonds is 5. The van der Waals surface area contributed by atoms with Crippen LogP contribution in [0.25, 0.3) is 0 Å². The Morgan fingerprint density at radius 3 is 2.43 bits per heavy atom. The van der Waals surface area contributed by atoms with E-state index < -0.39 is 0 Å². The monoisotopic (exact) mass is 315 g/mol. The normalized spacial score (nSPS) is 32.8. The van der Waals surface area contributed by atoms with Gasteiger partial charge in [0.15, 0.2) is 0 Å². The van der Waals surface area contributed by atoms with Crippen molar-refractivity contribution in [2.24, 2.45) is 5.92 Å². The van der Waals surface area contributed by atoms with Crippen molar-refractivity contribution in [1.82, 2.24) is 15.1 Å². The van der Waals surface area contributed by atoms with Gasteiger partial charge in [0.05, 0.1) is 13.2 Å². The second-order valence-corrected chi connectivity index (χ2v) is 7.23. The van der Waals surface area contributed by atoms with E-state index in [0.29, 0.717) is 12.1 Å². The largest absolute Gasteiger partial charge is 0.379 e. The number of hydrogen-bond acceptors (Lipinski definition) is 4. The Morgan fingerprint density at radius 1 is 1.04 bits per heavy atom. The maximum atomic E-state index is 5.55. The molecule has 0 aliphatic carbocycles. The van der Waals surface area contributed by atoms with Crippen LogP contribution >= 0.6 is 0 Å². The Hall–Kier alpha value is -0.940. The van der Waals surface area contributed by atoms with Crippen molar-refractivity contribution in [3.63, 3.8) is 0 Å². The third kappa shape index (κ3) is 3.61. The third-order valence-electron chi connectivity index (χ3n) is 5.90. The van der Waals surface area contributed by atoms with Gasteiger partial charge < -0.3 is 15.0 Å². The minimum absolute atomic E-state index is 0.468. The molecule has 1 N–H and O–H groups in total. The number of morpholine rings is 1. The van der Waals surface area contributed by atoms with E-state index in [-0.39, 0.29) is 0 Å². The van der Waals surface area contributed by atoms with Gasteiger partial charge in [-0.3, -0.25) is 4.90 Å². The minimum Gasteiger partial charge on any atom is -0.379 e. The van der Waals surface area contributed by atoms with E-state index >= 15 is 0 Å². The fraction of sp³-hybridized carbons (Fsp3) is 0.684. The van der Waals surface area contributed by atoms with Crippen LogP contribution in [0.1, 0.15) is 24.4 Å². The van der Waals surface area contributed by atoms with E-state index in [0.717, 1.165) is 38.8 Å². The van der Waals surface area contributed by atoms with Crippen LogP contribution in [0.2, 0.25) is 0 Å². The van der Waals surface area contributed by atoms with Crippen LogP contribution in [0, 0.1) is 5.92 Å². The molecule has 4 saturated heterocycles. The second-order valence-electron chi connectivity index (χ2n) is 7.23. The Labute approximate surface area is 139 Å². The molecule has 0 amide bonds. The molecule has 1 aromatic carbocycles. The van der Waals surface area contributed by atoms with Gasteiger partial charge in [0, 0.05) is 38.3 Å². The molecule has 126 valence electrons. The molecule has 4 aliphatic rings. The summed E-state index contributed by atoms with van der Waals surface area (Å²) in [5, 5.41) is 3.92. The summed E-state index contributed by atoms with van der Waals surface area (Å²) in [6.07, 6.45) is 2.76. The molecule has 2 bridgehead atoms. The molecule has 5 rings (SSSR count). The lowest BCUT2D eigenvalue weighted by Crippen LogP contribution is -2.57. The standard InChI is InChI=1S/C19H29N3O/c1-2-4-17(5-3-1)19(22-10-12-23-13-11-22)14-20-18-15-21-8-6-16(18)7-9-21/h1-5,16,18-20H,6-15H2/t18-,19+/m1/s1. The number of hydrogen-bond donors (Lipinski definition) is 1. The number of ether oxygens (including phenoxy) is 1. The smallest absolute Gasteiger partial charge is 0.0594 e. The van der Waals surface area contributed by atoms with Gasteiger partial charge in [0.1, 0.15) is 0 Å². The number of benzene rings is 1. The van der Waals surface area contributed by atoms with Crippen LogP contribution < -0.4 is 5.32 Å². The van der Waals surface area contributed by atoms with Crippen molar-refractivity contribution in [3.05, 3.63) is 35.9 Å². The first-order valence-electron chi connectivity index (χ1n) is 9.22. The van der Waals surface area contributed by atoms with E-state index in [2.05, 4.69) is 45.4 Å². The number of nitrogens with zero attached hydrogens (tertiary/aromatic N) is 2. The zero-order valence-corrected chi connectivity index (χ0v) is 14.0. The average molecular weight is 315 g/mol. The highest BCUT2D eigenvalue weighted by atomic mass is 16.5. The molecule has 4 aliphatic heterocycles. The summed E-state index contributed by atoms with van der Waals surface area (Å²) in [7, 11) is 0. The summed E-state index contributed by atoms with van der Waals surface area (Å²) in [6, 6.07) is 12.1. The highest BCUT2D eigenvalue weighted by molar-refractivity contribution is 5.19. The molecular weight excluding hydrogens is 286 g/mol. The summed E-state index contributed by atoms with van der Waals surface area (Å²) in [4.78, 5) is 5.22. The molecule has 1 aromatic rings. The third-order valence-corrected chi connectivity index (χ3v) is 5.90. The van der Waals surface area contributed by atoms with Crippen LogP contribution in [-0.4, -0.2) is 68.3 Å². The highest BCUT2D eigenvalue weighted by Crippen LogP contribution is 2.28. The molecule has 4 fully saturated rings. The molecule has 4 heterocycles. The van der Waals surface area contributed by atoms with Crippen molar-refractivity contribution in [1.29, 1.82) is 0 Å². The van der Waals surface area contributed by atoms with E-state index in [4.69, 9.17) is 4.74 Å². The first-order chi connectivity index (χ1) is 11.4. The fourth-order valence-corrected chi connectivity index (χ4v) is 4.48. The summed E-state index contributed by atoms with van der Waals surface area (Å²) in [5.41, 5.74) is 1.43. The van der Waals surface area contributed by atoms with Crippen LogP contribution in [0.4, 0.5) is 0 Å². The minimum atomic E-state index is 0.468. The van der Waals surface area contributed by atoms with Gasteiger partial charge in [0.2, 0.25) is 0 Å². The van der Waals surface area contributed by atoms with Gasteiger partial charge in [0.25, 0.3) is 0 Å². The molecule has 23 heavy (non-hydrogen) atoms. The number of fused-ring (bicyclic) bond motifs is 3. The Morgan fingerprint density at radius 2 is 1.78 bits per heavy atom. The molecule has 4 heteroatoms. The summed E-state index contributed by atoms with van der Waals surface area (Å²) < 4.78 is 5.55. The van der Waals surface area contributed by atoms with Gasteiger partial charge in [-0.15, -0.1) is 0 Å². The van der Waals surface area contributed by atoms with Crippen molar-refractivity contribution in [2.45, 2.75) is 24.9 Å². The van der Waals surface area contributed by atoms with Crippen molar-refractivity contribution in [2.75, 3.05) is 52.5 Å². The predicted molar refractivity (Wildman–Crippen MR) is 92.5 cm³/mol. The maximum absolute atomic E-state index is 5.55. The Bertz CT molecular complexity index is 481. The average Bonchev–Trinajstić information content (AvgIpc) is 2.65. The second kappa shape index (κ2) is 7.31. The predicted octanol–water partition coefficient (Wildman–Crippen LogP) is 1.74. The molecule has 4 nitrogen and oxygen atoms in total. The van der Waals surface area contributed by atoms with Gasteiger partial charge >= 0.3 is 0 Å². The van der Waals surface area contributed by atoms with Crippen molar-refractivity contribution < 1.29 is 4.74 Å². The van der Waals surface area contributed by atoms with Crippen LogP contribution in [-0.2, 0) is 4.74 Å². The van der Waals surface area contributed by atoms with E-state index in [1.807, 2.05) is 0 Å². The first-order valence-corrected chi connectivity index (χ1v) is 9.22. The Kier molecular flexibility index (Phi) is 4.95. The van der Waals surface area contributed by atoms with E-state index in [9.17, 15) is 0 Å². The quantitative estimate of drug-likeness (QED) is 0.896. The molecule has 0 spiro atoms. The van der Waals surface area contributed by atoms with Crippen LogP contribution in [0.15, 0.2) is 30.3 Å². The lowest BCUT2D eigenvalue weighted by molar-refractivity contribution is 0.0119. The van der Waals surface area contributed by atoms with Crippen molar-refractivity contribution in [3.8, 4) is 0 Å². The molecular formula is C19H29N3O. The van der Waals surface area contributed by atoms with Gasteiger partial charge in [-0.05, 0) is 37.4 Å². The zero-order valence-electron chi connectivity index (χ0n) is 14.0. The van der Waals surface area contributed by atoms with E-state index in [1.54, 1.807) is 0 Å². The lowest BCUT2D eigenvalue weighted by Gasteiger charge is -2.46.